The molecule has 2 aliphatic heterocycles. The monoisotopic (exact) mass is 655 g/mol. The van der Waals surface area contributed by atoms with Gasteiger partial charge < -0.3 is 15.4 Å². The molecule has 13 heteroatoms. The molecular weight excluding hydrogens is 613 g/mol. The fraction of sp³-hybridized carbons (Fsp3) is 0.606. The van der Waals surface area contributed by atoms with Crippen LogP contribution in [0.25, 0.3) is 11.0 Å². The number of sulfonamides is 1. The summed E-state index contributed by atoms with van der Waals surface area (Å²) in [5.74, 6) is -2.10. The van der Waals surface area contributed by atoms with Gasteiger partial charge in [-0.05, 0) is 69.9 Å². The summed E-state index contributed by atoms with van der Waals surface area (Å²) in [5.41, 5.74) is 6.11. The highest BCUT2D eigenvalue weighted by Gasteiger charge is 2.62. The van der Waals surface area contributed by atoms with Crippen molar-refractivity contribution < 1.29 is 31.9 Å². The number of amides is 2. The molecular formula is C33H42FN5O6S. The average molecular weight is 656 g/mol. The van der Waals surface area contributed by atoms with E-state index in [2.05, 4.69) is 14.7 Å². The van der Waals surface area contributed by atoms with Crippen molar-refractivity contribution in [2.75, 3.05) is 6.54 Å². The van der Waals surface area contributed by atoms with E-state index in [0.717, 1.165) is 25.7 Å². The molecule has 11 nitrogen and oxygen atoms in total. The Morgan fingerprint density at radius 3 is 2.72 bits per heavy atom. The number of rotatable bonds is 6. The van der Waals surface area contributed by atoms with Gasteiger partial charge in [0, 0.05) is 12.8 Å². The van der Waals surface area contributed by atoms with E-state index in [0.29, 0.717) is 43.3 Å². The van der Waals surface area contributed by atoms with E-state index < -0.39 is 50.1 Å². The van der Waals surface area contributed by atoms with Crippen molar-refractivity contribution in [1.29, 1.82) is 0 Å². The molecule has 6 rings (SSSR count). The highest BCUT2D eigenvalue weighted by atomic mass is 32.2. The lowest BCUT2D eigenvalue weighted by molar-refractivity contribution is -0.140. The summed E-state index contributed by atoms with van der Waals surface area (Å²) in [6, 6.07) is 2.77. The zero-order valence-electron chi connectivity index (χ0n) is 26.3. The minimum atomic E-state index is -3.91. The number of aromatic nitrogens is 2. The molecule has 46 heavy (non-hydrogen) atoms. The number of allylic oxidation sites excluding steroid dienone is 2. The van der Waals surface area contributed by atoms with Crippen LogP contribution in [0.1, 0.15) is 83.7 Å². The summed E-state index contributed by atoms with van der Waals surface area (Å²) in [4.78, 5) is 51.9. The van der Waals surface area contributed by atoms with Crippen LogP contribution in [0.15, 0.2) is 30.4 Å². The fourth-order valence-corrected chi connectivity index (χ4v) is 8.06. The van der Waals surface area contributed by atoms with Crippen LogP contribution in [0.5, 0.6) is 5.88 Å². The Hall–Kier alpha value is -3.45. The molecule has 0 bridgehead atoms. The minimum Gasteiger partial charge on any atom is -0.471 e. The van der Waals surface area contributed by atoms with E-state index in [1.54, 1.807) is 19.1 Å². The minimum absolute atomic E-state index is 0.0539. The van der Waals surface area contributed by atoms with Crippen LogP contribution in [0, 0.1) is 17.2 Å². The molecule has 2 aromatic rings. The molecule has 2 amide bonds. The maximum atomic E-state index is 14.6. The third-order valence-electron chi connectivity index (χ3n) is 10.2. The molecule has 1 aromatic carbocycles. The SMILES string of the molecule is CCc1nc2cccc(F)c2nc1O[C@@H]1C[C@H]2C(=O)C[C@]3(C(=O)NS(=O)(=O)C4(C)CC4)C[C@H]3/C=C\CCCCC[C@H](N)C(=O)N2C1. The average Bonchev–Trinajstić information content (AvgIpc) is 3.90. The largest absolute Gasteiger partial charge is 0.471 e. The van der Waals surface area contributed by atoms with Crippen LogP contribution < -0.4 is 15.2 Å². The van der Waals surface area contributed by atoms with Gasteiger partial charge in [-0.1, -0.05) is 38.0 Å². The maximum absolute atomic E-state index is 14.6. The third kappa shape index (κ3) is 6.15. The number of nitrogens with one attached hydrogen (secondary N) is 1. The van der Waals surface area contributed by atoms with Crippen molar-refractivity contribution in [3.8, 4) is 5.88 Å². The first-order chi connectivity index (χ1) is 21.9. The second-order valence-corrected chi connectivity index (χ2v) is 15.8. The third-order valence-corrected chi connectivity index (χ3v) is 12.3. The molecule has 5 atom stereocenters. The summed E-state index contributed by atoms with van der Waals surface area (Å²) in [5, 5.41) is 0. The van der Waals surface area contributed by atoms with E-state index in [1.165, 1.54) is 11.0 Å². The lowest BCUT2D eigenvalue weighted by atomic mass is 9.91. The molecule has 0 radical (unpaired) electrons. The summed E-state index contributed by atoms with van der Waals surface area (Å²) < 4.78 is 48.1. The molecule has 3 fully saturated rings. The number of fused-ring (bicyclic) bond motifs is 3. The van der Waals surface area contributed by atoms with E-state index in [1.807, 2.05) is 19.1 Å². The first-order valence-corrected chi connectivity index (χ1v) is 17.8. The van der Waals surface area contributed by atoms with E-state index in [9.17, 15) is 27.2 Å². The Kier molecular flexibility index (Phi) is 8.68. The van der Waals surface area contributed by atoms with Crippen molar-refractivity contribution in [2.45, 2.75) is 107 Å². The number of Topliss-reactive ketones (excluding diaryl/α,β-unsaturated/α-hetero) is 1. The quantitative estimate of drug-likeness (QED) is 0.444. The van der Waals surface area contributed by atoms with Gasteiger partial charge in [-0.3, -0.25) is 19.1 Å². The second-order valence-electron chi connectivity index (χ2n) is 13.6. The molecule has 2 saturated carbocycles. The first-order valence-electron chi connectivity index (χ1n) is 16.3. The zero-order chi connectivity index (χ0) is 32.9. The van der Waals surface area contributed by atoms with Crippen LogP contribution in [-0.4, -0.2) is 70.4 Å². The van der Waals surface area contributed by atoms with Crippen LogP contribution in [-0.2, 0) is 30.8 Å². The highest BCUT2D eigenvalue weighted by molar-refractivity contribution is 7.91. The van der Waals surface area contributed by atoms with Crippen LogP contribution in [0.4, 0.5) is 4.39 Å². The number of hydrogen-bond acceptors (Lipinski definition) is 9. The topological polar surface area (TPSA) is 162 Å². The van der Waals surface area contributed by atoms with Crippen molar-refractivity contribution >= 4 is 38.7 Å². The number of carbonyl (C=O) groups excluding carboxylic acids is 3. The van der Waals surface area contributed by atoms with Gasteiger partial charge in [0.1, 0.15) is 17.3 Å². The Morgan fingerprint density at radius 2 is 1.98 bits per heavy atom. The molecule has 0 unspecified atom stereocenters. The number of para-hydroxylation sites is 1. The zero-order valence-corrected chi connectivity index (χ0v) is 27.2. The highest BCUT2D eigenvalue weighted by Crippen LogP contribution is 2.57. The normalized spacial score (nSPS) is 30.5. The fourth-order valence-electron chi connectivity index (χ4n) is 6.73. The predicted octanol–water partition coefficient (Wildman–Crippen LogP) is 3.49. The lowest BCUT2D eigenvalue weighted by Gasteiger charge is -2.27. The summed E-state index contributed by atoms with van der Waals surface area (Å²) in [6.07, 6.45) is 8.63. The number of halogens is 1. The van der Waals surface area contributed by atoms with Gasteiger partial charge in [0.15, 0.2) is 11.6 Å². The number of ketones is 1. The first kappa shape index (κ1) is 32.5. The van der Waals surface area contributed by atoms with Gasteiger partial charge in [0.05, 0.1) is 34.3 Å². The van der Waals surface area contributed by atoms with Crippen LogP contribution >= 0.6 is 0 Å². The number of benzene rings is 1. The molecule has 2 aliphatic carbocycles. The van der Waals surface area contributed by atoms with Crippen LogP contribution in [0.2, 0.25) is 0 Å². The van der Waals surface area contributed by atoms with Crippen molar-refractivity contribution in [3.63, 3.8) is 0 Å². The molecule has 3 N–H and O–H groups in total. The van der Waals surface area contributed by atoms with Crippen LogP contribution in [0.3, 0.4) is 0 Å². The van der Waals surface area contributed by atoms with E-state index >= 15 is 0 Å². The van der Waals surface area contributed by atoms with Crippen molar-refractivity contribution in [3.05, 3.63) is 41.9 Å². The van der Waals surface area contributed by atoms with Gasteiger partial charge >= 0.3 is 0 Å². The van der Waals surface area contributed by atoms with Crippen molar-refractivity contribution in [2.24, 2.45) is 17.1 Å². The van der Waals surface area contributed by atoms with Gasteiger partial charge in [-0.15, -0.1) is 0 Å². The van der Waals surface area contributed by atoms with Gasteiger partial charge in [0.25, 0.3) is 0 Å². The standard InChI is InChI=1S/C33H42FN5O6S/c1-3-24-29(37-28-22(34)11-9-13-25(28)36-24)45-21-16-26-27(40)18-33(31(42)38-46(43,44)32(2)14-15-32)17-20(33)10-7-5-4-6-8-12-23(35)30(41)39(26)19-21/h7,9-11,13,20-21,23,26H,3-6,8,12,14-19,35H2,1-2H3,(H,38,42)/b10-7-/t20-,21-,23+,26+,33-/m1/s1. The predicted molar refractivity (Wildman–Crippen MR) is 168 cm³/mol. The summed E-state index contributed by atoms with van der Waals surface area (Å²) >= 11 is 0. The molecule has 3 heterocycles. The van der Waals surface area contributed by atoms with E-state index in [-0.39, 0.29) is 48.4 Å². The Bertz CT molecular complexity index is 1690. The summed E-state index contributed by atoms with van der Waals surface area (Å²) in [7, 11) is -3.91. The molecule has 1 saturated heterocycles. The van der Waals surface area contributed by atoms with Gasteiger partial charge in [0.2, 0.25) is 27.7 Å². The van der Waals surface area contributed by atoms with Gasteiger partial charge in [-0.2, -0.15) is 0 Å². The molecule has 248 valence electrons. The summed E-state index contributed by atoms with van der Waals surface area (Å²) in [6.45, 7) is 3.54. The van der Waals surface area contributed by atoms with Gasteiger partial charge in [-0.25, -0.2) is 22.8 Å². The molecule has 0 spiro atoms. The number of carbonyl (C=O) groups is 3. The number of ether oxygens (including phenoxy) is 1. The Labute approximate surface area is 268 Å². The smallest absolute Gasteiger partial charge is 0.240 e. The second kappa shape index (κ2) is 12.3. The number of hydrogen-bond donors (Lipinski definition) is 2. The number of aryl methyl sites for hydroxylation is 1. The number of nitrogens with zero attached hydrogens (tertiary/aromatic N) is 3. The lowest BCUT2D eigenvalue weighted by Crippen LogP contribution is -2.50. The van der Waals surface area contributed by atoms with Crippen molar-refractivity contribution in [1.82, 2.24) is 19.6 Å². The number of nitrogens with two attached hydrogens (primary N) is 1. The Balaban J connectivity index is 1.28. The maximum Gasteiger partial charge on any atom is 0.240 e. The Morgan fingerprint density at radius 1 is 1.20 bits per heavy atom. The van der Waals surface area contributed by atoms with E-state index in [4.69, 9.17) is 10.5 Å². The molecule has 4 aliphatic rings. The molecule has 1 aromatic heterocycles.